The van der Waals surface area contributed by atoms with E-state index in [9.17, 15) is 0 Å². The first-order valence-corrected chi connectivity index (χ1v) is 0.928. The van der Waals surface area contributed by atoms with Crippen molar-refractivity contribution in [2.45, 2.75) is 6.92 Å². The molecule has 0 atom stereocenters. The Morgan fingerprint density at radius 3 is 2.00 bits per heavy atom. The van der Waals surface area contributed by atoms with E-state index in [0.717, 1.165) is 6.92 Å². The molecule has 0 saturated carbocycles. The van der Waals surface area contributed by atoms with Crippen LogP contribution in [0.15, 0.2) is 0 Å². The molecule has 0 aromatic heterocycles. The summed E-state index contributed by atoms with van der Waals surface area (Å²) in [5, 5.41) is 7.42. The van der Waals surface area contributed by atoms with Crippen LogP contribution in [0, 0.1) is 0 Å². The monoisotopic (exact) mass is 90.1 g/mol. The van der Waals surface area contributed by atoms with Crippen LogP contribution < -0.4 is 0 Å². The van der Waals surface area contributed by atoms with Gasteiger partial charge in [-0.2, -0.15) is 0 Å². The Kier molecular flexibility index (Phi) is 8.11. The summed E-state index contributed by atoms with van der Waals surface area (Å²) >= 11 is 0. The van der Waals surface area contributed by atoms with Crippen LogP contribution in [0.2, 0.25) is 0 Å². The number of aliphatic carboxylic acids is 1. The van der Waals surface area contributed by atoms with Crippen molar-refractivity contribution in [2.24, 2.45) is 0 Å². The molecule has 5 heavy (non-hydrogen) atoms. The van der Waals surface area contributed by atoms with Gasteiger partial charge in [-0.1, -0.05) is 0 Å². The van der Waals surface area contributed by atoms with Crippen LogP contribution in [0.25, 0.3) is 0 Å². The quantitative estimate of drug-likeness (QED) is 0.431. The minimum absolute atomic E-state index is 0. The van der Waals surface area contributed by atoms with Crippen molar-refractivity contribution < 1.29 is 14.2 Å². The van der Waals surface area contributed by atoms with E-state index in [4.69, 9.17) is 9.90 Å². The van der Waals surface area contributed by atoms with Gasteiger partial charge in [0.05, 0.1) is 0 Å². The van der Waals surface area contributed by atoms with Crippen molar-refractivity contribution in [3.63, 3.8) is 0 Å². The molecule has 0 bridgehead atoms. The molecule has 0 heterocycles. The van der Waals surface area contributed by atoms with Gasteiger partial charge in [-0.3, -0.25) is 4.79 Å². The third-order valence-electron chi connectivity index (χ3n) is 0. The van der Waals surface area contributed by atoms with Crippen molar-refractivity contribution in [1.82, 2.24) is 0 Å². The fraction of sp³-hybridized carbons (Fsp3) is 0.500. The summed E-state index contributed by atoms with van der Waals surface area (Å²) in [4.78, 5) is 9.00. The Balaban J connectivity index is -0.00000000750. The SMILES string of the molecule is CC(=O)O.[HH].[HH].[HH].[NaH]. The number of carbonyl (C=O) groups is 1. The summed E-state index contributed by atoms with van der Waals surface area (Å²) in [5.74, 6) is -0.833. The first-order valence-electron chi connectivity index (χ1n) is 0.928. The molecule has 0 unspecified atom stereocenters. The average molecular weight is 90.1 g/mol. The van der Waals surface area contributed by atoms with Gasteiger partial charge in [0.2, 0.25) is 0 Å². The molecule has 0 aromatic rings. The summed E-state index contributed by atoms with van der Waals surface area (Å²) in [6, 6.07) is 0. The second kappa shape index (κ2) is 4.47. The van der Waals surface area contributed by atoms with Gasteiger partial charge in [0.15, 0.2) is 0 Å². The van der Waals surface area contributed by atoms with E-state index in [1.807, 2.05) is 0 Å². The summed E-state index contributed by atoms with van der Waals surface area (Å²) in [6.07, 6.45) is 0. The number of hydrogen-bond donors (Lipinski definition) is 1. The van der Waals surface area contributed by atoms with Crippen molar-refractivity contribution in [2.75, 3.05) is 0 Å². The number of carboxylic acid groups (broad SMARTS) is 1. The standard InChI is InChI=1S/C2H4O2.Na.3H2.H/c1-2(3)4;;;;;/h1H3,(H,3,4);;3*1H;. The van der Waals surface area contributed by atoms with E-state index in [-0.39, 0.29) is 33.8 Å². The van der Waals surface area contributed by atoms with Gasteiger partial charge in [0, 0.05) is 11.2 Å². The molecule has 0 aliphatic rings. The zero-order valence-corrected chi connectivity index (χ0v) is 2.36. The van der Waals surface area contributed by atoms with Crippen LogP contribution in [0.3, 0.4) is 0 Å². The van der Waals surface area contributed by atoms with Gasteiger partial charge in [-0.25, -0.2) is 0 Å². The maximum absolute atomic E-state index is 9.00. The molecule has 0 amide bonds. The van der Waals surface area contributed by atoms with E-state index in [2.05, 4.69) is 0 Å². The summed E-state index contributed by atoms with van der Waals surface area (Å²) in [7, 11) is 0. The number of hydrogen-bond acceptors (Lipinski definition) is 1. The van der Waals surface area contributed by atoms with Crippen molar-refractivity contribution in [1.29, 1.82) is 0 Å². The molecular formula is C2H11NaO2. The first kappa shape index (κ1) is 9.08. The Morgan fingerprint density at radius 2 is 2.00 bits per heavy atom. The number of rotatable bonds is 0. The Bertz CT molecular complexity index is 38.3. The molecule has 0 radical (unpaired) electrons. The van der Waals surface area contributed by atoms with E-state index in [0.29, 0.717) is 0 Å². The molecular weight excluding hydrogens is 79.0 g/mol. The third kappa shape index (κ3) is 123. The van der Waals surface area contributed by atoms with Crippen molar-refractivity contribution >= 4 is 35.5 Å². The molecule has 0 saturated heterocycles. The fourth-order valence-electron chi connectivity index (χ4n) is 0. The topological polar surface area (TPSA) is 37.3 Å². The zero-order valence-electron chi connectivity index (χ0n) is 2.36. The molecule has 0 aliphatic heterocycles. The van der Waals surface area contributed by atoms with Crippen LogP contribution in [-0.4, -0.2) is 40.6 Å². The molecule has 1 N–H and O–H groups in total. The predicted molar refractivity (Wildman–Crippen MR) is 26.8 cm³/mol. The van der Waals surface area contributed by atoms with Crippen LogP contribution in [0.1, 0.15) is 11.2 Å². The molecule has 32 valence electrons. The first-order chi connectivity index (χ1) is 1.73. The Labute approximate surface area is 56.9 Å². The molecule has 3 heteroatoms. The van der Waals surface area contributed by atoms with Gasteiger partial charge < -0.3 is 5.11 Å². The zero-order chi connectivity index (χ0) is 3.58. The van der Waals surface area contributed by atoms with E-state index < -0.39 is 5.97 Å². The summed E-state index contributed by atoms with van der Waals surface area (Å²) in [6.45, 7) is 1.08. The van der Waals surface area contributed by atoms with Crippen LogP contribution >= 0.6 is 0 Å². The number of carboxylic acids is 1. The summed E-state index contributed by atoms with van der Waals surface area (Å²) in [5.41, 5.74) is 0. The summed E-state index contributed by atoms with van der Waals surface area (Å²) < 4.78 is 0. The molecule has 0 aromatic carbocycles. The second-order valence-corrected chi connectivity index (χ2v) is 0.519. The molecule has 2 nitrogen and oxygen atoms in total. The van der Waals surface area contributed by atoms with E-state index in [1.54, 1.807) is 0 Å². The van der Waals surface area contributed by atoms with Gasteiger partial charge in [-0.05, 0) is 0 Å². The van der Waals surface area contributed by atoms with Crippen LogP contribution in [0.4, 0.5) is 0 Å². The third-order valence-corrected chi connectivity index (χ3v) is 0. The average Bonchev–Trinajstić information content (AvgIpc) is 0.811. The minimum atomic E-state index is -0.833. The fourth-order valence-corrected chi connectivity index (χ4v) is 0. The van der Waals surface area contributed by atoms with E-state index in [1.165, 1.54) is 0 Å². The normalized spacial score (nSPS) is 5.00. The maximum atomic E-state index is 9.00. The molecule has 0 aliphatic carbocycles. The second-order valence-electron chi connectivity index (χ2n) is 0.519. The van der Waals surface area contributed by atoms with Gasteiger partial charge >= 0.3 is 29.6 Å². The molecule has 0 fully saturated rings. The van der Waals surface area contributed by atoms with Crippen molar-refractivity contribution in [3.8, 4) is 0 Å². The van der Waals surface area contributed by atoms with Crippen LogP contribution in [0.5, 0.6) is 0 Å². The molecule has 0 spiro atoms. The Morgan fingerprint density at radius 1 is 2.00 bits per heavy atom. The Hall–Kier alpha value is 0.470. The van der Waals surface area contributed by atoms with Gasteiger partial charge in [-0.15, -0.1) is 0 Å². The van der Waals surface area contributed by atoms with Gasteiger partial charge in [0.25, 0.3) is 5.97 Å². The van der Waals surface area contributed by atoms with Gasteiger partial charge in [0.1, 0.15) is 0 Å². The predicted octanol–water partition coefficient (Wildman–Crippen LogP) is 0.180. The van der Waals surface area contributed by atoms with Crippen LogP contribution in [-0.2, 0) is 4.79 Å². The molecule has 0 rings (SSSR count). The van der Waals surface area contributed by atoms with E-state index >= 15 is 0 Å². The van der Waals surface area contributed by atoms with Crippen molar-refractivity contribution in [3.05, 3.63) is 0 Å².